The molecule has 0 aliphatic heterocycles. The summed E-state index contributed by atoms with van der Waals surface area (Å²) < 4.78 is 39.6. The summed E-state index contributed by atoms with van der Waals surface area (Å²) in [5, 5.41) is 12.4. The van der Waals surface area contributed by atoms with Crippen molar-refractivity contribution in [3.05, 3.63) is 46.8 Å². The number of hydrogen-bond acceptors (Lipinski definition) is 2. The summed E-state index contributed by atoms with van der Waals surface area (Å²) in [6.07, 6.45) is -4.68. The normalized spacial score (nSPS) is 11.7. The van der Waals surface area contributed by atoms with Crippen molar-refractivity contribution < 1.29 is 23.1 Å². The molecule has 1 aromatic heterocycles. The lowest BCUT2D eigenvalue weighted by atomic mass is 10.1. The van der Waals surface area contributed by atoms with Gasteiger partial charge in [-0.3, -0.25) is 0 Å². The van der Waals surface area contributed by atoms with Gasteiger partial charge in [0.2, 0.25) is 0 Å². The van der Waals surface area contributed by atoms with Gasteiger partial charge < -0.3 is 5.11 Å². The van der Waals surface area contributed by atoms with Gasteiger partial charge in [-0.05, 0) is 31.0 Å². The summed E-state index contributed by atoms with van der Waals surface area (Å²) in [5.74, 6) is -1.50. The van der Waals surface area contributed by atoms with Crippen LogP contribution in [-0.2, 0) is 6.18 Å². The van der Waals surface area contributed by atoms with Gasteiger partial charge in [0, 0.05) is 6.07 Å². The smallest absolute Gasteiger partial charge is 0.433 e. The van der Waals surface area contributed by atoms with E-state index in [1.165, 1.54) is 6.07 Å². The standard InChI is InChI=1S/C13H11F3N2O2/c1-7-3-4-8(2)10(5-7)18-11(13(14,15)16)6-9(17-18)12(19)20/h3-6H,1-2H3,(H,19,20). The number of alkyl halides is 3. The van der Waals surface area contributed by atoms with Crippen LogP contribution in [0.4, 0.5) is 13.2 Å². The number of hydrogen-bond donors (Lipinski definition) is 1. The molecule has 0 fully saturated rings. The first kappa shape index (κ1) is 14.1. The Morgan fingerprint density at radius 1 is 1.25 bits per heavy atom. The van der Waals surface area contributed by atoms with E-state index in [0.29, 0.717) is 16.3 Å². The van der Waals surface area contributed by atoms with Crippen LogP contribution in [0.5, 0.6) is 0 Å². The second-order valence-electron chi connectivity index (χ2n) is 4.42. The Balaban J connectivity index is 2.72. The molecule has 0 unspecified atom stereocenters. The average molecular weight is 284 g/mol. The zero-order valence-corrected chi connectivity index (χ0v) is 10.7. The van der Waals surface area contributed by atoms with Crippen molar-refractivity contribution in [2.75, 3.05) is 0 Å². The highest BCUT2D eigenvalue weighted by Gasteiger charge is 2.37. The highest BCUT2D eigenvalue weighted by Crippen LogP contribution is 2.32. The van der Waals surface area contributed by atoms with E-state index in [-0.39, 0.29) is 5.69 Å². The lowest BCUT2D eigenvalue weighted by Crippen LogP contribution is -2.14. The molecule has 0 amide bonds. The zero-order chi connectivity index (χ0) is 15.1. The molecule has 0 spiro atoms. The molecule has 106 valence electrons. The Kier molecular flexibility index (Phi) is 3.29. The zero-order valence-electron chi connectivity index (χ0n) is 10.7. The van der Waals surface area contributed by atoms with Gasteiger partial charge in [0.1, 0.15) is 5.69 Å². The molecule has 2 aromatic rings. The SMILES string of the molecule is Cc1ccc(C)c(-n2nc(C(=O)O)cc2C(F)(F)F)c1. The summed E-state index contributed by atoms with van der Waals surface area (Å²) in [4.78, 5) is 10.8. The van der Waals surface area contributed by atoms with Gasteiger partial charge in [-0.1, -0.05) is 12.1 Å². The lowest BCUT2D eigenvalue weighted by Gasteiger charge is -2.12. The number of aryl methyl sites for hydroxylation is 2. The number of halogens is 3. The minimum absolute atomic E-state index is 0.213. The largest absolute Gasteiger partial charge is 0.476 e. The number of carboxylic acids is 1. The molecule has 1 heterocycles. The predicted octanol–water partition coefficient (Wildman–Crippen LogP) is 3.21. The molecule has 0 aliphatic rings. The van der Waals surface area contributed by atoms with Crippen molar-refractivity contribution in [1.29, 1.82) is 0 Å². The predicted molar refractivity (Wildman–Crippen MR) is 65.0 cm³/mol. The van der Waals surface area contributed by atoms with Crippen LogP contribution in [0.3, 0.4) is 0 Å². The molecule has 2 rings (SSSR count). The Labute approximate surface area is 112 Å². The maximum absolute atomic E-state index is 13.0. The second-order valence-corrected chi connectivity index (χ2v) is 4.42. The van der Waals surface area contributed by atoms with Gasteiger partial charge >= 0.3 is 12.1 Å². The monoisotopic (exact) mass is 284 g/mol. The van der Waals surface area contributed by atoms with E-state index in [0.717, 1.165) is 5.56 Å². The van der Waals surface area contributed by atoms with Crippen LogP contribution in [0.25, 0.3) is 5.69 Å². The van der Waals surface area contributed by atoms with Crippen LogP contribution in [0, 0.1) is 13.8 Å². The Morgan fingerprint density at radius 3 is 2.45 bits per heavy atom. The van der Waals surface area contributed by atoms with Gasteiger partial charge in [-0.15, -0.1) is 0 Å². The van der Waals surface area contributed by atoms with E-state index in [4.69, 9.17) is 5.11 Å². The van der Waals surface area contributed by atoms with Gasteiger partial charge in [-0.25, -0.2) is 9.48 Å². The Morgan fingerprint density at radius 2 is 1.90 bits per heavy atom. The molecule has 0 radical (unpaired) electrons. The van der Waals surface area contributed by atoms with Crippen LogP contribution < -0.4 is 0 Å². The van der Waals surface area contributed by atoms with Crippen molar-refractivity contribution in [2.24, 2.45) is 0 Å². The summed E-state index contributed by atoms with van der Waals surface area (Å²) in [6.45, 7) is 3.37. The fourth-order valence-electron chi connectivity index (χ4n) is 1.82. The van der Waals surface area contributed by atoms with E-state index < -0.39 is 23.5 Å². The second kappa shape index (κ2) is 4.66. The maximum Gasteiger partial charge on any atom is 0.433 e. The summed E-state index contributed by atoms with van der Waals surface area (Å²) in [7, 11) is 0. The van der Waals surface area contributed by atoms with Gasteiger partial charge in [0.05, 0.1) is 5.69 Å². The number of nitrogens with zero attached hydrogens (tertiary/aromatic N) is 2. The molecule has 0 bridgehead atoms. The molecule has 20 heavy (non-hydrogen) atoms. The van der Waals surface area contributed by atoms with Crippen LogP contribution in [-0.4, -0.2) is 20.9 Å². The van der Waals surface area contributed by atoms with E-state index in [9.17, 15) is 18.0 Å². The summed E-state index contributed by atoms with van der Waals surface area (Å²) in [5.41, 5.74) is -0.209. The first-order valence-electron chi connectivity index (χ1n) is 5.68. The first-order chi connectivity index (χ1) is 9.20. The van der Waals surface area contributed by atoms with Crippen molar-refractivity contribution in [2.45, 2.75) is 20.0 Å². The number of rotatable bonds is 2. The Hall–Kier alpha value is -2.31. The minimum Gasteiger partial charge on any atom is -0.476 e. The topological polar surface area (TPSA) is 55.1 Å². The molecule has 0 atom stereocenters. The summed E-state index contributed by atoms with van der Waals surface area (Å²) in [6, 6.07) is 5.48. The van der Waals surface area contributed by atoms with Crippen LogP contribution in [0.2, 0.25) is 0 Å². The van der Waals surface area contributed by atoms with Crippen molar-refractivity contribution in [3.8, 4) is 5.69 Å². The van der Waals surface area contributed by atoms with Crippen LogP contribution >= 0.6 is 0 Å². The lowest BCUT2D eigenvalue weighted by molar-refractivity contribution is -0.142. The minimum atomic E-state index is -4.68. The van der Waals surface area contributed by atoms with Gasteiger partial charge in [0.25, 0.3) is 0 Å². The third kappa shape index (κ3) is 2.52. The maximum atomic E-state index is 13.0. The van der Waals surface area contributed by atoms with Crippen molar-refractivity contribution in [3.63, 3.8) is 0 Å². The molecule has 0 saturated carbocycles. The quantitative estimate of drug-likeness (QED) is 0.921. The third-order valence-corrected chi connectivity index (χ3v) is 2.81. The van der Waals surface area contributed by atoms with Crippen molar-refractivity contribution >= 4 is 5.97 Å². The van der Waals surface area contributed by atoms with Crippen molar-refractivity contribution in [1.82, 2.24) is 9.78 Å². The van der Waals surface area contributed by atoms with Crippen LogP contribution in [0.15, 0.2) is 24.3 Å². The van der Waals surface area contributed by atoms with E-state index in [2.05, 4.69) is 5.10 Å². The fraction of sp³-hybridized carbons (Fsp3) is 0.231. The third-order valence-electron chi connectivity index (χ3n) is 2.81. The Bertz CT molecular complexity index is 675. The van der Waals surface area contributed by atoms with E-state index in [1.54, 1.807) is 26.0 Å². The van der Waals surface area contributed by atoms with E-state index in [1.807, 2.05) is 0 Å². The van der Waals surface area contributed by atoms with E-state index >= 15 is 0 Å². The molecule has 1 aromatic carbocycles. The molecule has 4 nitrogen and oxygen atoms in total. The number of benzene rings is 1. The molecule has 1 N–H and O–H groups in total. The molecular formula is C13H11F3N2O2. The van der Waals surface area contributed by atoms with Crippen LogP contribution in [0.1, 0.15) is 27.3 Å². The highest BCUT2D eigenvalue weighted by atomic mass is 19.4. The highest BCUT2D eigenvalue weighted by molar-refractivity contribution is 5.85. The number of carboxylic acid groups (broad SMARTS) is 1. The molecular weight excluding hydrogens is 273 g/mol. The number of carbonyl (C=O) groups is 1. The molecule has 0 aliphatic carbocycles. The first-order valence-corrected chi connectivity index (χ1v) is 5.68. The molecule has 7 heteroatoms. The number of aromatic nitrogens is 2. The number of aromatic carboxylic acids is 1. The fourth-order valence-corrected chi connectivity index (χ4v) is 1.82. The van der Waals surface area contributed by atoms with Gasteiger partial charge in [0.15, 0.2) is 5.69 Å². The molecule has 0 saturated heterocycles. The average Bonchev–Trinajstić information content (AvgIpc) is 2.77. The van der Waals surface area contributed by atoms with Gasteiger partial charge in [-0.2, -0.15) is 18.3 Å². The summed E-state index contributed by atoms with van der Waals surface area (Å²) >= 11 is 0.